The second kappa shape index (κ2) is 6.11. The average Bonchev–Trinajstić information content (AvgIpc) is 3.03. The van der Waals surface area contributed by atoms with Gasteiger partial charge in [0.2, 0.25) is 0 Å². The van der Waals surface area contributed by atoms with Gasteiger partial charge in [-0.15, -0.1) is 5.10 Å². The highest BCUT2D eigenvalue weighted by molar-refractivity contribution is 6.42. The first kappa shape index (κ1) is 13.9. The number of hydrogen-bond acceptors (Lipinski definition) is 4. The molecule has 0 aliphatic heterocycles. The molecule has 21 heavy (non-hydrogen) atoms. The minimum absolute atomic E-state index is 0.418. The Labute approximate surface area is 131 Å². The van der Waals surface area contributed by atoms with Crippen molar-refractivity contribution in [2.75, 3.05) is 0 Å². The zero-order valence-corrected chi connectivity index (χ0v) is 12.3. The lowest BCUT2D eigenvalue weighted by Crippen LogP contribution is -1.97. The maximum absolute atomic E-state index is 5.96. The van der Waals surface area contributed by atoms with E-state index in [1.54, 1.807) is 16.8 Å². The Balaban J connectivity index is 1.66. The number of ether oxygens (including phenoxy) is 1. The van der Waals surface area contributed by atoms with Crippen molar-refractivity contribution in [3.05, 3.63) is 64.4 Å². The Morgan fingerprint density at radius 3 is 2.48 bits per heavy atom. The van der Waals surface area contributed by atoms with Gasteiger partial charge in [0.05, 0.1) is 15.7 Å². The van der Waals surface area contributed by atoms with Gasteiger partial charge < -0.3 is 4.74 Å². The molecule has 0 unspecified atom stereocenters. The average molecular weight is 321 g/mol. The van der Waals surface area contributed by atoms with Crippen LogP contribution in [0.2, 0.25) is 10.0 Å². The van der Waals surface area contributed by atoms with E-state index in [-0.39, 0.29) is 0 Å². The normalized spacial score (nSPS) is 10.6. The lowest BCUT2D eigenvalue weighted by Gasteiger charge is -2.08. The maximum Gasteiger partial charge on any atom is 0.143 e. The molecule has 7 heteroatoms. The molecule has 0 N–H and O–H groups in total. The molecule has 0 amide bonds. The zero-order chi connectivity index (χ0) is 14.7. The predicted molar refractivity (Wildman–Crippen MR) is 79.9 cm³/mol. The predicted octanol–water partition coefficient (Wildman–Crippen LogP) is 3.55. The maximum atomic E-state index is 5.96. The number of tetrazole rings is 1. The number of aromatic nitrogens is 4. The van der Waals surface area contributed by atoms with Crippen LogP contribution in [0.4, 0.5) is 0 Å². The molecule has 0 aliphatic carbocycles. The first-order valence-electron chi connectivity index (χ1n) is 6.12. The smallest absolute Gasteiger partial charge is 0.143 e. The summed E-state index contributed by atoms with van der Waals surface area (Å²) in [4.78, 5) is 0. The highest BCUT2D eigenvalue weighted by atomic mass is 35.5. The SMILES string of the molecule is Clc1ccc(COc2ccc(-n3cnnn3)cc2)cc1Cl. The van der Waals surface area contributed by atoms with Gasteiger partial charge in [0.25, 0.3) is 0 Å². The molecule has 1 heterocycles. The number of hydrogen-bond donors (Lipinski definition) is 0. The summed E-state index contributed by atoms with van der Waals surface area (Å²) in [5, 5.41) is 12.0. The fraction of sp³-hybridized carbons (Fsp3) is 0.0714. The van der Waals surface area contributed by atoms with Crippen molar-refractivity contribution >= 4 is 23.2 Å². The van der Waals surface area contributed by atoms with Crippen molar-refractivity contribution in [2.24, 2.45) is 0 Å². The molecular weight excluding hydrogens is 311 g/mol. The Morgan fingerprint density at radius 1 is 1.00 bits per heavy atom. The van der Waals surface area contributed by atoms with Gasteiger partial charge in [0.15, 0.2) is 0 Å². The van der Waals surface area contributed by atoms with Crippen LogP contribution < -0.4 is 4.74 Å². The van der Waals surface area contributed by atoms with E-state index in [4.69, 9.17) is 27.9 Å². The van der Waals surface area contributed by atoms with Crippen LogP contribution in [0.3, 0.4) is 0 Å². The van der Waals surface area contributed by atoms with Crippen molar-refractivity contribution in [1.82, 2.24) is 20.2 Å². The summed E-state index contributed by atoms with van der Waals surface area (Å²) >= 11 is 11.8. The van der Waals surface area contributed by atoms with Gasteiger partial charge >= 0.3 is 0 Å². The third-order valence-corrected chi connectivity index (χ3v) is 3.58. The number of rotatable bonds is 4. The molecule has 0 bridgehead atoms. The van der Waals surface area contributed by atoms with Crippen molar-refractivity contribution in [2.45, 2.75) is 6.61 Å². The molecule has 0 saturated heterocycles. The van der Waals surface area contributed by atoms with Crippen molar-refractivity contribution < 1.29 is 4.74 Å². The van der Waals surface area contributed by atoms with Gasteiger partial charge in [0, 0.05) is 0 Å². The summed E-state index contributed by atoms with van der Waals surface area (Å²) in [6, 6.07) is 12.9. The van der Waals surface area contributed by atoms with Crippen LogP contribution >= 0.6 is 23.2 Å². The molecule has 0 atom stereocenters. The lowest BCUT2D eigenvalue weighted by atomic mass is 10.2. The molecule has 0 aliphatic rings. The summed E-state index contributed by atoms with van der Waals surface area (Å²) in [6.07, 6.45) is 1.53. The van der Waals surface area contributed by atoms with Gasteiger partial charge in [-0.05, 0) is 52.4 Å². The van der Waals surface area contributed by atoms with Crippen molar-refractivity contribution in [1.29, 1.82) is 0 Å². The van der Waals surface area contributed by atoms with E-state index >= 15 is 0 Å². The number of benzene rings is 2. The second-order valence-electron chi connectivity index (χ2n) is 4.29. The van der Waals surface area contributed by atoms with E-state index in [0.29, 0.717) is 16.7 Å². The molecular formula is C14H10Cl2N4O. The Bertz CT molecular complexity index is 729. The van der Waals surface area contributed by atoms with Crippen LogP contribution in [-0.4, -0.2) is 20.2 Å². The lowest BCUT2D eigenvalue weighted by molar-refractivity contribution is 0.306. The topological polar surface area (TPSA) is 52.8 Å². The summed E-state index contributed by atoms with van der Waals surface area (Å²) < 4.78 is 7.27. The van der Waals surface area contributed by atoms with Crippen LogP contribution in [0.5, 0.6) is 5.75 Å². The van der Waals surface area contributed by atoms with Gasteiger partial charge in [-0.2, -0.15) is 0 Å². The van der Waals surface area contributed by atoms with E-state index in [2.05, 4.69) is 15.5 Å². The highest BCUT2D eigenvalue weighted by Gasteiger charge is 2.02. The first-order chi connectivity index (χ1) is 10.2. The monoisotopic (exact) mass is 320 g/mol. The summed E-state index contributed by atoms with van der Waals surface area (Å²) in [5.41, 5.74) is 1.82. The standard InChI is InChI=1S/C14H10Cl2N4O/c15-13-6-1-10(7-14(13)16)8-21-12-4-2-11(3-5-12)20-9-17-18-19-20/h1-7,9H,8H2. The van der Waals surface area contributed by atoms with Crippen molar-refractivity contribution in [3.63, 3.8) is 0 Å². The molecule has 3 aromatic rings. The summed E-state index contributed by atoms with van der Waals surface area (Å²) in [5.74, 6) is 0.748. The van der Waals surface area contributed by atoms with Crippen molar-refractivity contribution in [3.8, 4) is 11.4 Å². The molecule has 0 spiro atoms. The van der Waals surface area contributed by atoms with Crippen LogP contribution in [0.15, 0.2) is 48.8 Å². The molecule has 1 aromatic heterocycles. The highest BCUT2D eigenvalue weighted by Crippen LogP contribution is 2.23. The minimum atomic E-state index is 0.418. The third kappa shape index (κ3) is 3.32. The molecule has 5 nitrogen and oxygen atoms in total. The third-order valence-electron chi connectivity index (χ3n) is 2.84. The Kier molecular flexibility index (Phi) is 4.03. The largest absolute Gasteiger partial charge is 0.489 e. The second-order valence-corrected chi connectivity index (χ2v) is 5.10. The van der Waals surface area contributed by atoms with Gasteiger partial charge in [-0.25, -0.2) is 4.68 Å². The van der Waals surface area contributed by atoms with E-state index in [1.807, 2.05) is 30.3 Å². The molecule has 106 valence electrons. The van der Waals surface area contributed by atoms with Gasteiger partial charge in [0.1, 0.15) is 18.7 Å². The van der Waals surface area contributed by atoms with E-state index in [9.17, 15) is 0 Å². The molecule has 3 rings (SSSR count). The molecule has 0 fully saturated rings. The molecule has 2 aromatic carbocycles. The van der Waals surface area contributed by atoms with Gasteiger partial charge in [-0.1, -0.05) is 29.3 Å². The summed E-state index contributed by atoms with van der Waals surface area (Å²) in [6.45, 7) is 0.418. The Morgan fingerprint density at radius 2 is 1.81 bits per heavy atom. The van der Waals surface area contributed by atoms with Crippen LogP contribution in [-0.2, 0) is 6.61 Å². The number of nitrogens with zero attached hydrogens (tertiary/aromatic N) is 4. The Hall–Kier alpha value is -2.11. The minimum Gasteiger partial charge on any atom is -0.489 e. The number of halogens is 2. The molecule has 0 saturated carbocycles. The van der Waals surface area contributed by atoms with Crippen LogP contribution in [0, 0.1) is 0 Å². The first-order valence-corrected chi connectivity index (χ1v) is 6.88. The fourth-order valence-corrected chi connectivity index (χ4v) is 2.09. The zero-order valence-electron chi connectivity index (χ0n) is 10.8. The van der Waals surface area contributed by atoms with Gasteiger partial charge in [-0.3, -0.25) is 0 Å². The quantitative estimate of drug-likeness (QED) is 0.737. The molecule has 0 radical (unpaired) electrons. The van der Waals surface area contributed by atoms with Crippen LogP contribution in [0.1, 0.15) is 5.56 Å². The van der Waals surface area contributed by atoms with Crippen LogP contribution in [0.25, 0.3) is 5.69 Å². The van der Waals surface area contributed by atoms with E-state index < -0.39 is 0 Å². The van der Waals surface area contributed by atoms with E-state index in [0.717, 1.165) is 17.0 Å². The fourth-order valence-electron chi connectivity index (χ4n) is 1.77. The van der Waals surface area contributed by atoms with E-state index in [1.165, 1.54) is 6.33 Å². The summed E-state index contributed by atoms with van der Waals surface area (Å²) in [7, 11) is 0.